The Morgan fingerprint density at radius 1 is 0.962 bits per heavy atom. The van der Waals surface area contributed by atoms with Crippen molar-refractivity contribution in [2.24, 2.45) is 0 Å². The van der Waals surface area contributed by atoms with Crippen molar-refractivity contribution in [3.8, 4) is 0 Å². The molecule has 1 aliphatic heterocycles. The number of nitrogens with one attached hydrogen (secondary N) is 1. The molecule has 2 aromatic carbocycles. The Bertz CT molecular complexity index is 732. The summed E-state index contributed by atoms with van der Waals surface area (Å²) in [6.07, 6.45) is 0. The molecule has 1 amide bonds. The van der Waals surface area contributed by atoms with Gasteiger partial charge in [-0.1, -0.05) is 18.2 Å². The Labute approximate surface area is 154 Å². The quantitative estimate of drug-likeness (QED) is 0.895. The van der Waals surface area contributed by atoms with Gasteiger partial charge in [0.25, 0.3) is 0 Å². The van der Waals surface area contributed by atoms with Crippen molar-refractivity contribution in [2.45, 2.75) is 20.4 Å². The Kier molecular flexibility index (Phi) is 6.01. The van der Waals surface area contributed by atoms with Crippen LogP contribution < -0.4 is 5.32 Å². The molecule has 1 aliphatic rings. The molecule has 1 N–H and O–H groups in total. The van der Waals surface area contributed by atoms with Gasteiger partial charge >= 0.3 is 0 Å². The SMILES string of the molecule is Cc1cc(C)cc(NC(=O)CN2CCN(Cc3ccc(F)cc3)CC2)c1. The van der Waals surface area contributed by atoms with Crippen LogP contribution in [0.1, 0.15) is 16.7 Å². The molecule has 3 rings (SSSR count). The molecule has 1 saturated heterocycles. The van der Waals surface area contributed by atoms with Gasteiger partial charge in [0.1, 0.15) is 5.82 Å². The van der Waals surface area contributed by atoms with Gasteiger partial charge in [0.15, 0.2) is 0 Å². The molecule has 2 aromatic rings. The Hall–Kier alpha value is -2.24. The summed E-state index contributed by atoms with van der Waals surface area (Å²) in [6, 6.07) is 12.7. The highest BCUT2D eigenvalue weighted by Crippen LogP contribution is 2.14. The fourth-order valence-corrected chi connectivity index (χ4v) is 3.40. The minimum atomic E-state index is -0.201. The lowest BCUT2D eigenvalue weighted by atomic mass is 10.1. The standard InChI is InChI=1S/C21H26FN3O/c1-16-11-17(2)13-20(12-16)23-21(26)15-25-9-7-24(8-10-25)14-18-3-5-19(22)6-4-18/h3-6,11-13H,7-10,14-15H2,1-2H3,(H,23,26). The lowest BCUT2D eigenvalue weighted by Gasteiger charge is -2.34. The first kappa shape index (κ1) is 18.5. The zero-order valence-corrected chi connectivity index (χ0v) is 15.5. The molecule has 0 radical (unpaired) electrons. The van der Waals surface area contributed by atoms with Gasteiger partial charge in [0, 0.05) is 38.4 Å². The number of aryl methyl sites for hydroxylation is 2. The van der Waals surface area contributed by atoms with Crippen molar-refractivity contribution in [2.75, 3.05) is 38.0 Å². The number of carbonyl (C=O) groups is 1. The first-order valence-electron chi connectivity index (χ1n) is 9.05. The molecule has 1 heterocycles. The monoisotopic (exact) mass is 355 g/mol. The summed E-state index contributed by atoms with van der Waals surface area (Å²) in [4.78, 5) is 16.8. The molecule has 1 fully saturated rings. The number of rotatable bonds is 5. The number of amides is 1. The Morgan fingerprint density at radius 2 is 1.54 bits per heavy atom. The van der Waals surface area contributed by atoms with Crippen LogP contribution in [0.3, 0.4) is 0 Å². The van der Waals surface area contributed by atoms with E-state index in [-0.39, 0.29) is 11.7 Å². The number of carbonyl (C=O) groups excluding carboxylic acids is 1. The van der Waals surface area contributed by atoms with E-state index in [1.165, 1.54) is 12.1 Å². The predicted molar refractivity (Wildman–Crippen MR) is 103 cm³/mol. The highest BCUT2D eigenvalue weighted by molar-refractivity contribution is 5.92. The van der Waals surface area contributed by atoms with Gasteiger partial charge in [-0.25, -0.2) is 4.39 Å². The molecule has 26 heavy (non-hydrogen) atoms. The molecule has 0 bridgehead atoms. The van der Waals surface area contributed by atoms with Gasteiger partial charge in [-0.2, -0.15) is 0 Å². The number of nitrogens with zero attached hydrogens (tertiary/aromatic N) is 2. The number of hydrogen-bond acceptors (Lipinski definition) is 3. The molecule has 0 unspecified atom stereocenters. The molecule has 5 heteroatoms. The highest BCUT2D eigenvalue weighted by Gasteiger charge is 2.19. The van der Waals surface area contributed by atoms with Crippen molar-refractivity contribution in [3.05, 3.63) is 65.0 Å². The minimum Gasteiger partial charge on any atom is -0.325 e. The first-order chi connectivity index (χ1) is 12.5. The van der Waals surface area contributed by atoms with Crippen molar-refractivity contribution >= 4 is 11.6 Å². The average molecular weight is 355 g/mol. The van der Waals surface area contributed by atoms with Crippen molar-refractivity contribution in [1.82, 2.24) is 9.80 Å². The van der Waals surface area contributed by atoms with E-state index in [0.29, 0.717) is 6.54 Å². The smallest absolute Gasteiger partial charge is 0.238 e. The molecule has 0 atom stereocenters. The normalized spacial score (nSPS) is 15.8. The second kappa shape index (κ2) is 8.43. The molecular formula is C21H26FN3O. The molecule has 0 aliphatic carbocycles. The van der Waals surface area contributed by atoms with Gasteiger partial charge in [0.05, 0.1) is 6.54 Å². The van der Waals surface area contributed by atoms with Crippen LogP contribution in [0.15, 0.2) is 42.5 Å². The number of hydrogen-bond donors (Lipinski definition) is 1. The third-order valence-electron chi connectivity index (χ3n) is 4.66. The maximum Gasteiger partial charge on any atom is 0.238 e. The van der Waals surface area contributed by atoms with E-state index >= 15 is 0 Å². The summed E-state index contributed by atoms with van der Waals surface area (Å²) >= 11 is 0. The zero-order chi connectivity index (χ0) is 18.5. The maximum absolute atomic E-state index is 13.0. The van der Waals surface area contributed by atoms with Crippen LogP contribution in [0, 0.1) is 19.7 Å². The van der Waals surface area contributed by atoms with Crippen LogP contribution in [0.4, 0.5) is 10.1 Å². The second-order valence-corrected chi connectivity index (χ2v) is 7.10. The predicted octanol–water partition coefficient (Wildman–Crippen LogP) is 3.20. The van der Waals surface area contributed by atoms with E-state index < -0.39 is 0 Å². The van der Waals surface area contributed by atoms with E-state index in [9.17, 15) is 9.18 Å². The fourth-order valence-electron chi connectivity index (χ4n) is 3.40. The van der Waals surface area contributed by atoms with Gasteiger partial charge in [-0.3, -0.25) is 14.6 Å². The summed E-state index contributed by atoms with van der Waals surface area (Å²) in [6.45, 7) is 8.84. The third kappa shape index (κ3) is 5.38. The van der Waals surface area contributed by atoms with Crippen molar-refractivity contribution in [1.29, 1.82) is 0 Å². The van der Waals surface area contributed by atoms with Crippen LogP contribution in [0.2, 0.25) is 0 Å². The van der Waals surface area contributed by atoms with Gasteiger partial charge in [-0.05, 0) is 54.8 Å². The zero-order valence-electron chi connectivity index (χ0n) is 15.5. The lowest BCUT2D eigenvalue weighted by molar-refractivity contribution is -0.117. The molecule has 138 valence electrons. The van der Waals surface area contributed by atoms with E-state index in [1.54, 1.807) is 0 Å². The summed E-state index contributed by atoms with van der Waals surface area (Å²) in [5.41, 5.74) is 4.28. The summed E-state index contributed by atoms with van der Waals surface area (Å²) in [5, 5.41) is 3.00. The topological polar surface area (TPSA) is 35.6 Å². The minimum absolute atomic E-state index is 0.0296. The van der Waals surface area contributed by atoms with Gasteiger partial charge in [-0.15, -0.1) is 0 Å². The van der Waals surface area contributed by atoms with Crippen molar-refractivity contribution in [3.63, 3.8) is 0 Å². The summed E-state index contributed by atoms with van der Waals surface area (Å²) in [5.74, 6) is -0.171. The summed E-state index contributed by atoms with van der Waals surface area (Å²) < 4.78 is 13.0. The highest BCUT2D eigenvalue weighted by atomic mass is 19.1. The number of halogens is 1. The van der Waals surface area contributed by atoms with Gasteiger partial charge < -0.3 is 5.32 Å². The van der Waals surface area contributed by atoms with Gasteiger partial charge in [0.2, 0.25) is 5.91 Å². The maximum atomic E-state index is 13.0. The van der Waals surface area contributed by atoms with E-state index in [2.05, 4.69) is 21.2 Å². The average Bonchev–Trinajstić information content (AvgIpc) is 2.57. The Morgan fingerprint density at radius 3 is 2.15 bits per heavy atom. The van der Waals surface area contributed by atoms with E-state index in [1.807, 2.05) is 38.1 Å². The van der Waals surface area contributed by atoms with Crippen LogP contribution in [0.25, 0.3) is 0 Å². The number of anilines is 1. The molecule has 4 nitrogen and oxygen atoms in total. The number of piperazine rings is 1. The van der Waals surface area contributed by atoms with E-state index in [4.69, 9.17) is 0 Å². The van der Waals surface area contributed by atoms with Crippen LogP contribution in [-0.4, -0.2) is 48.4 Å². The van der Waals surface area contributed by atoms with Crippen LogP contribution in [-0.2, 0) is 11.3 Å². The fraction of sp³-hybridized carbons (Fsp3) is 0.381. The summed E-state index contributed by atoms with van der Waals surface area (Å²) in [7, 11) is 0. The Balaban J connectivity index is 1.44. The lowest BCUT2D eigenvalue weighted by Crippen LogP contribution is -2.48. The largest absolute Gasteiger partial charge is 0.325 e. The van der Waals surface area contributed by atoms with Crippen molar-refractivity contribution < 1.29 is 9.18 Å². The molecule has 0 aromatic heterocycles. The molecular weight excluding hydrogens is 329 g/mol. The second-order valence-electron chi connectivity index (χ2n) is 7.10. The van der Waals surface area contributed by atoms with Crippen LogP contribution >= 0.6 is 0 Å². The van der Waals surface area contributed by atoms with Crippen LogP contribution in [0.5, 0.6) is 0 Å². The third-order valence-corrected chi connectivity index (χ3v) is 4.66. The molecule has 0 saturated carbocycles. The number of benzene rings is 2. The van der Waals surface area contributed by atoms with E-state index in [0.717, 1.165) is 55.1 Å². The first-order valence-corrected chi connectivity index (χ1v) is 9.05. The molecule has 0 spiro atoms.